The lowest BCUT2D eigenvalue weighted by atomic mass is 10.2. The van der Waals surface area contributed by atoms with Crippen molar-refractivity contribution in [1.29, 1.82) is 0 Å². The molecule has 0 radical (unpaired) electrons. The fourth-order valence-corrected chi connectivity index (χ4v) is 2.51. The molecule has 0 saturated carbocycles. The lowest BCUT2D eigenvalue weighted by Crippen LogP contribution is -2.17. The highest BCUT2D eigenvalue weighted by Gasteiger charge is 2.08. The number of aromatic nitrogens is 2. The van der Waals surface area contributed by atoms with E-state index in [1.165, 1.54) is 18.5 Å². The fourth-order valence-electron chi connectivity index (χ4n) is 2.32. The van der Waals surface area contributed by atoms with E-state index in [2.05, 4.69) is 25.9 Å². The topological polar surface area (TPSA) is 78.9 Å². The zero-order valence-electron chi connectivity index (χ0n) is 15.3. The van der Waals surface area contributed by atoms with E-state index in [4.69, 9.17) is 11.6 Å². The maximum Gasteiger partial charge on any atom is 0.226 e. The normalized spacial score (nSPS) is 10.6. The van der Waals surface area contributed by atoms with Crippen molar-refractivity contribution < 1.29 is 9.18 Å². The number of halogens is 2. The van der Waals surface area contributed by atoms with Gasteiger partial charge in [-0.25, -0.2) is 14.4 Å². The number of carbonyl (C=O) groups excluding carboxylic acids is 1. The molecule has 1 heterocycles. The van der Waals surface area contributed by atoms with Gasteiger partial charge < -0.3 is 16.0 Å². The summed E-state index contributed by atoms with van der Waals surface area (Å²) in [6.45, 7) is 3.67. The SMILES string of the molecule is CC(C)C(=O)Nc1cccc(Nc2cc(Nc3ccc(F)c(Cl)c3)ncn2)c1. The van der Waals surface area contributed by atoms with Crippen molar-refractivity contribution in [3.8, 4) is 0 Å². The van der Waals surface area contributed by atoms with Gasteiger partial charge in [-0.05, 0) is 36.4 Å². The first kappa shape index (κ1) is 19.6. The number of anilines is 5. The summed E-state index contributed by atoms with van der Waals surface area (Å²) in [5.41, 5.74) is 2.06. The van der Waals surface area contributed by atoms with Crippen LogP contribution in [-0.4, -0.2) is 15.9 Å². The van der Waals surface area contributed by atoms with Crippen LogP contribution < -0.4 is 16.0 Å². The molecule has 0 atom stereocenters. The van der Waals surface area contributed by atoms with Crippen LogP contribution in [0, 0.1) is 11.7 Å². The zero-order chi connectivity index (χ0) is 20.1. The van der Waals surface area contributed by atoms with Crippen LogP contribution in [-0.2, 0) is 4.79 Å². The minimum Gasteiger partial charge on any atom is -0.340 e. The Balaban J connectivity index is 1.72. The summed E-state index contributed by atoms with van der Waals surface area (Å²) < 4.78 is 13.3. The zero-order valence-corrected chi connectivity index (χ0v) is 16.1. The van der Waals surface area contributed by atoms with Crippen LogP contribution in [0.15, 0.2) is 54.9 Å². The number of hydrogen-bond donors (Lipinski definition) is 3. The molecule has 144 valence electrons. The number of benzene rings is 2. The lowest BCUT2D eigenvalue weighted by Gasteiger charge is -2.11. The molecule has 0 saturated heterocycles. The molecule has 0 unspecified atom stereocenters. The molecule has 0 aliphatic carbocycles. The van der Waals surface area contributed by atoms with Crippen molar-refractivity contribution in [2.24, 2.45) is 5.92 Å². The third kappa shape index (κ3) is 5.17. The molecule has 0 bridgehead atoms. The van der Waals surface area contributed by atoms with Crippen molar-refractivity contribution >= 4 is 46.2 Å². The van der Waals surface area contributed by atoms with Gasteiger partial charge in [-0.3, -0.25) is 4.79 Å². The molecule has 0 aliphatic heterocycles. The highest BCUT2D eigenvalue weighted by Crippen LogP contribution is 2.24. The standard InChI is InChI=1S/C20H19ClFN5O/c1-12(2)20(28)27-14-5-3-4-13(8-14)25-18-10-19(24-11-23-18)26-15-6-7-17(22)16(21)9-15/h3-12H,1-2H3,(H,27,28)(H2,23,24,25,26). The third-order valence-corrected chi connectivity index (χ3v) is 4.08. The first-order valence-electron chi connectivity index (χ1n) is 8.63. The van der Waals surface area contributed by atoms with Gasteiger partial charge in [0.25, 0.3) is 0 Å². The van der Waals surface area contributed by atoms with Gasteiger partial charge in [-0.15, -0.1) is 0 Å². The molecule has 2 aromatic carbocycles. The van der Waals surface area contributed by atoms with E-state index in [1.807, 2.05) is 38.1 Å². The summed E-state index contributed by atoms with van der Waals surface area (Å²) in [5.74, 6) is 0.430. The van der Waals surface area contributed by atoms with Gasteiger partial charge in [0.05, 0.1) is 5.02 Å². The van der Waals surface area contributed by atoms with Crippen LogP contribution in [0.5, 0.6) is 0 Å². The second kappa shape index (κ2) is 8.67. The van der Waals surface area contributed by atoms with Crippen LogP contribution in [0.4, 0.5) is 33.1 Å². The average molecular weight is 400 g/mol. The lowest BCUT2D eigenvalue weighted by molar-refractivity contribution is -0.118. The minimum atomic E-state index is -0.485. The second-order valence-electron chi connectivity index (χ2n) is 6.39. The van der Waals surface area contributed by atoms with Gasteiger partial charge in [0.2, 0.25) is 5.91 Å². The predicted molar refractivity (Wildman–Crippen MR) is 110 cm³/mol. The van der Waals surface area contributed by atoms with Crippen molar-refractivity contribution in [2.75, 3.05) is 16.0 Å². The van der Waals surface area contributed by atoms with Gasteiger partial charge in [0.1, 0.15) is 23.8 Å². The number of rotatable bonds is 6. The van der Waals surface area contributed by atoms with Crippen LogP contribution >= 0.6 is 11.6 Å². The predicted octanol–water partition coefficient (Wildman–Crippen LogP) is 5.35. The Labute approximate surface area is 167 Å². The van der Waals surface area contributed by atoms with E-state index in [9.17, 15) is 9.18 Å². The molecule has 0 spiro atoms. The third-order valence-electron chi connectivity index (χ3n) is 3.79. The second-order valence-corrected chi connectivity index (χ2v) is 6.80. The summed E-state index contributed by atoms with van der Waals surface area (Å²) >= 11 is 5.80. The highest BCUT2D eigenvalue weighted by molar-refractivity contribution is 6.31. The van der Waals surface area contributed by atoms with Gasteiger partial charge in [-0.1, -0.05) is 31.5 Å². The molecular weight excluding hydrogens is 381 g/mol. The van der Waals surface area contributed by atoms with E-state index >= 15 is 0 Å². The van der Waals surface area contributed by atoms with Crippen molar-refractivity contribution in [3.63, 3.8) is 0 Å². The quantitative estimate of drug-likeness (QED) is 0.520. The summed E-state index contributed by atoms with van der Waals surface area (Å²) in [6, 6.07) is 13.4. The van der Waals surface area contributed by atoms with Gasteiger partial charge >= 0.3 is 0 Å². The van der Waals surface area contributed by atoms with Crippen LogP contribution in [0.3, 0.4) is 0 Å². The largest absolute Gasteiger partial charge is 0.340 e. The molecule has 28 heavy (non-hydrogen) atoms. The Morgan fingerprint density at radius 1 is 0.964 bits per heavy atom. The Bertz CT molecular complexity index is 996. The molecule has 0 aliphatic rings. The van der Waals surface area contributed by atoms with Crippen LogP contribution in [0.2, 0.25) is 5.02 Å². The Morgan fingerprint density at radius 2 is 1.61 bits per heavy atom. The van der Waals surface area contributed by atoms with Crippen LogP contribution in [0.1, 0.15) is 13.8 Å². The van der Waals surface area contributed by atoms with E-state index in [1.54, 1.807) is 12.1 Å². The van der Waals surface area contributed by atoms with Crippen molar-refractivity contribution in [1.82, 2.24) is 9.97 Å². The molecule has 1 amide bonds. The van der Waals surface area contributed by atoms with Crippen molar-refractivity contribution in [3.05, 3.63) is 65.7 Å². The van der Waals surface area contributed by atoms with E-state index in [0.717, 1.165) is 5.69 Å². The summed E-state index contributed by atoms with van der Waals surface area (Å²) in [6.07, 6.45) is 1.40. The monoisotopic (exact) mass is 399 g/mol. The number of nitrogens with zero attached hydrogens (tertiary/aromatic N) is 2. The molecule has 1 aromatic heterocycles. The smallest absolute Gasteiger partial charge is 0.226 e. The number of nitrogens with one attached hydrogen (secondary N) is 3. The van der Waals surface area contributed by atoms with Crippen LogP contribution in [0.25, 0.3) is 0 Å². The molecular formula is C20H19ClFN5O. The van der Waals surface area contributed by atoms with E-state index in [0.29, 0.717) is 23.0 Å². The number of carbonyl (C=O) groups is 1. The average Bonchev–Trinajstić information content (AvgIpc) is 2.65. The Kier molecular flexibility index (Phi) is 6.06. The molecule has 3 N–H and O–H groups in total. The Morgan fingerprint density at radius 3 is 2.25 bits per heavy atom. The number of amides is 1. The summed E-state index contributed by atoms with van der Waals surface area (Å²) in [4.78, 5) is 20.2. The van der Waals surface area contributed by atoms with Gasteiger partial charge in [0.15, 0.2) is 0 Å². The van der Waals surface area contributed by atoms with Crippen molar-refractivity contribution in [2.45, 2.75) is 13.8 Å². The molecule has 8 heteroatoms. The summed E-state index contributed by atoms with van der Waals surface area (Å²) in [5, 5.41) is 9.09. The van der Waals surface area contributed by atoms with Gasteiger partial charge in [-0.2, -0.15) is 0 Å². The molecule has 0 fully saturated rings. The Hall–Kier alpha value is -3.19. The first-order valence-corrected chi connectivity index (χ1v) is 9.00. The highest BCUT2D eigenvalue weighted by atomic mass is 35.5. The first-order chi connectivity index (χ1) is 13.4. The molecule has 6 nitrogen and oxygen atoms in total. The maximum atomic E-state index is 13.3. The molecule has 3 rings (SSSR count). The fraction of sp³-hybridized carbons (Fsp3) is 0.150. The van der Waals surface area contributed by atoms with E-state index < -0.39 is 5.82 Å². The van der Waals surface area contributed by atoms with E-state index in [-0.39, 0.29) is 16.8 Å². The summed E-state index contributed by atoms with van der Waals surface area (Å²) in [7, 11) is 0. The molecule has 3 aromatic rings. The maximum absolute atomic E-state index is 13.3. The number of hydrogen-bond acceptors (Lipinski definition) is 5. The van der Waals surface area contributed by atoms with Gasteiger partial charge in [0, 0.05) is 29.0 Å². The minimum absolute atomic E-state index is 0.0256.